The lowest BCUT2D eigenvalue weighted by Crippen LogP contribution is -2.24. The molecule has 0 spiro atoms. The lowest BCUT2D eigenvalue weighted by molar-refractivity contribution is 0.601. The Hall–Kier alpha value is -5.46. The Bertz CT molecular complexity index is 2600. The number of rotatable bonds is 2. The Morgan fingerprint density at radius 2 is 0.792 bits per heavy atom. The lowest BCUT2D eigenvalue weighted by Gasteiger charge is -2.31. The molecule has 0 unspecified atom stereocenters. The number of hydrogen-bond donors (Lipinski definition) is 0. The average Bonchev–Trinajstić information content (AvgIpc) is 3.49. The first-order valence-corrected chi connectivity index (χ1v) is 17.2. The van der Waals surface area contributed by atoms with Gasteiger partial charge in [0.2, 0.25) is 0 Å². The molecule has 0 aliphatic heterocycles. The van der Waals surface area contributed by atoms with Crippen LogP contribution in [0.1, 0.15) is 49.9 Å². The van der Waals surface area contributed by atoms with Gasteiger partial charge in [0, 0.05) is 10.8 Å². The molecular formula is C48H36. The van der Waals surface area contributed by atoms with E-state index in [9.17, 15) is 0 Å². The molecule has 0 N–H and O–H groups in total. The predicted octanol–water partition coefficient (Wildman–Crippen LogP) is 13.1. The van der Waals surface area contributed by atoms with Gasteiger partial charge in [-0.25, -0.2) is 0 Å². The van der Waals surface area contributed by atoms with Gasteiger partial charge in [-0.3, -0.25) is 0 Å². The smallest absolute Gasteiger partial charge is 0.0162 e. The van der Waals surface area contributed by atoms with Crippen molar-refractivity contribution in [2.24, 2.45) is 0 Å². The van der Waals surface area contributed by atoms with Gasteiger partial charge in [-0.15, -0.1) is 0 Å². The van der Waals surface area contributed by atoms with Crippen molar-refractivity contribution >= 4 is 32.3 Å². The van der Waals surface area contributed by atoms with Gasteiger partial charge in [0.05, 0.1) is 0 Å². The van der Waals surface area contributed by atoms with Crippen LogP contribution >= 0.6 is 0 Å². The standard InChI is InChI=1S/C48H36/c1-47(2)41-23-12-11-17-32(41)39-26-27-40-33-25-24-30(28-42(33)48(3,4)46(40)45(39)47)43-35-18-7-9-20-37(35)44(38-21-10-8-19-36(38)43)34-22-13-15-29-14-5-6-16-31(29)34/h5-28H,1-4H3. The molecule has 0 atom stereocenters. The maximum Gasteiger partial charge on any atom is 0.0162 e. The summed E-state index contributed by atoms with van der Waals surface area (Å²) in [7, 11) is 0. The summed E-state index contributed by atoms with van der Waals surface area (Å²) in [6.45, 7) is 9.72. The monoisotopic (exact) mass is 612 g/mol. The zero-order chi connectivity index (χ0) is 32.4. The van der Waals surface area contributed by atoms with Crippen molar-refractivity contribution in [2.75, 3.05) is 0 Å². The second kappa shape index (κ2) is 9.55. The van der Waals surface area contributed by atoms with Crippen molar-refractivity contribution in [3.8, 4) is 44.5 Å². The van der Waals surface area contributed by atoms with Gasteiger partial charge >= 0.3 is 0 Å². The van der Waals surface area contributed by atoms with Gasteiger partial charge in [0.25, 0.3) is 0 Å². The molecule has 0 saturated heterocycles. The largest absolute Gasteiger partial charge is 0.0619 e. The third kappa shape index (κ3) is 3.50. The molecule has 2 aliphatic rings. The molecule has 0 saturated carbocycles. The summed E-state index contributed by atoms with van der Waals surface area (Å²) < 4.78 is 0. The summed E-state index contributed by atoms with van der Waals surface area (Å²) in [5.41, 5.74) is 16.4. The summed E-state index contributed by atoms with van der Waals surface area (Å²) in [6, 6.07) is 54.6. The van der Waals surface area contributed by atoms with E-state index in [1.54, 1.807) is 0 Å². The molecule has 0 heteroatoms. The maximum atomic E-state index is 2.52. The first kappa shape index (κ1) is 27.6. The molecule has 0 amide bonds. The molecule has 2 aliphatic carbocycles. The van der Waals surface area contributed by atoms with Gasteiger partial charge in [-0.2, -0.15) is 0 Å². The van der Waals surface area contributed by atoms with Crippen LogP contribution < -0.4 is 0 Å². The second-order valence-electron chi connectivity index (χ2n) is 14.8. The molecule has 228 valence electrons. The Labute approximate surface area is 282 Å². The van der Waals surface area contributed by atoms with E-state index in [1.165, 1.54) is 99.1 Å². The van der Waals surface area contributed by atoms with Crippen LogP contribution in [0.4, 0.5) is 0 Å². The quantitative estimate of drug-likeness (QED) is 0.170. The Morgan fingerprint density at radius 1 is 0.333 bits per heavy atom. The van der Waals surface area contributed by atoms with Gasteiger partial charge in [-0.05, 0) is 105 Å². The molecular weight excluding hydrogens is 577 g/mol. The van der Waals surface area contributed by atoms with Gasteiger partial charge in [0.15, 0.2) is 0 Å². The minimum atomic E-state index is -0.139. The third-order valence-electron chi connectivity index (χ3n) is 11.6. The molecule has 0 heterocycles. The maximum absolute atomic E-state index is 2.52. The first-order valence-electron chi connectivity index (χ1n) is 17.2. The summed E-state index contributed by atoms with van der Waals surface area (Å²) in [4.78, 5) is 0. The SMILES string of the molecule is CC1(C)c2ccccc2-c2ccc3c(c21)C(C)(C)c1cc(-c2c4ccccc4c(-c4cccc5ccccc45)c4ccccc24)ccc1-3. The third-order valence-corrected chi connectivity index (χ3v) is 11.6. The fourth-order valence-electron chi connectivity index (χ4n) is 9.51. The van der Waals surface area contributed by atoms with E-state index in [0.717, 1.165) is 0 Å². The number of hydrogen-bond acceptors (Lipinski definition) is 0. The normalized spacial score (nSPS) is 15.0. The summed E-state index contributed by atoms with van der Waals surface area (Å²) >= 11 is 0. The van der Waals surface area contributed by atoms with Crippen LogP contribution in [-0.4, -0.2) is 0 Å². The van der Waals surface area contributed by atoms with Crippen LogP contribution in [-0.2, 0) is 10.8 Å². The van der Waals surface area contributed by atoms with Crippen molar-refractivity contribution < 1.29 is 0 Å². The molecule has 8 aromatic rings. The van der Waals surface area contributed by atoms with E-state index in [0.29, 0.717) is 0 Å². The minimum absolute atomic E-state index is 0.0523. The average molecular weight is 613 g/mol. The van der Waals surface area contributed by atoms with Crippen molar-refractivity contribution in [1.29, 1.82) is 0 Å². The van der Waals surface area contributed by atoms with Crippen LogP contribution in [0.15, 0.2) is 146 Å². The zero-order valence-electron chi connectivity index (χ0n) is 27.9. The van der Waals surface area contributed by atoms with E-state index in [2.05, 4.69) is 173 Å². The number of fused-ring (bicyclic) bond motifs is 10. The highest BCUT2D eigenvalue weighted by molar-refractivity contribution is 6.23. The summed E-state index contributed by atoms with van der Waals surface area (Å²) in [5.74, 6) is 0. The molecule has 0 fully saturated rings. The second-order valence-corrected chi connectivity index (χ2v) is 14.8. The van der Waals surface area contributed by atoms with Gasteiger partial charge in [0.1, 0.15) is 0 Å². The lowest BCUT2D eigenvalue weighted by atomic mass is 9.72. The van der Waals surface area contributed by atoms with Crippen molar-refractivity contribution in [3.05, 3.63) is 168 Å². The number of benzene rings is 8. The van der Waals surface area contributed by atoms with Crippen LogP contribution in [0.3, 0.4) is 0 Å². The molecule has 10 rings (SSSR count). The fraction of sp³-hybridized carbons (Fsp3) is 0.125. The van der Waals surface area contributed by atoms with Crippen LogP contribution in [0, 0.1) is 0 Å². The Morgan fingerprint density at radius 3 is 1.46 bits per heavy atom. The highest BCUT2D eigenvalue weighted by Gasteiger charge is 2.45. The summed E-state index contributed by atoms with van der Waals surface area (Å²) in [5, 5.41) is 7.74. The molecule has 0 aromatic heterocycles. The molecule has 48 heavy (non-hydrogen) atoms. The Balaban J connectivity index is 1.23. The van der Waals surface area contributed by atoms with Gasteiger partial charge in [-0.1, -0.05) is 167 Å². The van der Waals surface area contributed by atoms with Crippen molar-refractivity contribution in [3.63, 3.8) is 0 Å². The van der Waals surface area contributed by atoms with Crippen LogP contribution in [0.2, 0.25) is 0 Å². The van der Waals surface area contributed by atoms with E-state index >= 15 is 0 Å². The molecule has 0 nitrogen and oxygen atoms in total. The highest BCUT2D eigenvalue weighted by Crippen LogP contribution is 2.59. The fourth-order valence-corrected chi connectivity index (χ4v) is 9.51. The molecule has 0 radical (unpaired) electrons. The minimum Gasteiger partial charge on any atom is -0.0619 e. The van der Waals surface area contributed by atoms with Gasteiger partial charge < -0.3 is 0 Å². The molecule has 8 aromatic carbocycles. The van der Waals surface area contributed by atoms with Crippen molar-refractivity contribution in [2.45, 2.75) is 38.5 Å². The predicted molar refractivity (Wildman–Crippen MR) is 205 cm³/mol. The summed E-state index contributed by atoms with van der Waals surface area (Å²) in [6.07, 6.45) is 0. The topological polar surface area (TPSA) is 0 Å². The highest BCUT2D eigenvalue weighted by atomic mass is 14.5. The van der Waals surface area contributed by atoms with E-state index in [-0.39, 0.29) is 10.8 Å². The van der Waals surface area contributed by atoms with E-state index in [4.69, 9.17) is 0 Å². The van der Waals surface area contributed by atoms with Crippen LogP contribution in [0.25, 0.3) is 76.8 Å². The first-order chi connectivity index (χ1) is 23.4. The molecule has 0 bridgehead atoms. The zero-order valence-corrected chi connectivity index (χ0v) is 27.9. The van der Waals surface area contributed by atoms with E-state index in [1.807, 2.05) is 0 Å². The van der Waals surface area contributed by atoms with Crippen molar-refractivity contribution in [1.82, 2.24) is 0 Å². The van der Waals surface area contributed by atoms with Crippen LogP contribution in [0.5, 0.6) is 0 Å². The Kier molecular flexibility index (Phi) is 5.50. The van der Waals surface area contributed by atoms with E-state index < -0.39 is 0 Å².